The predicted molar refractivity (Wildman–Crippen MR) is 249 cm³/mol. The monoisotopic (exact) mass is 763 g/mol. The summed E-state index contributed by atoms with van der Waals surface area (Å²) in [5, 5.41) is 0. The molecule has 1 unspecified atom stereocenters. The molecule has 11 rings (SSSR count). The summed E-state index contributed by atoms with van der Waals surface area (Å²) in [6.07, 6.45) is 10.9. The molecule has 58 heavy (non-hydrogen) atoms. The van der Waals surface area contributed by atoms with Crippen molar-refractivity contribution in [1.29, 1.82) is 0 Å². The van der Waals surface area contributed by atoms with Crippen LogP contribution in [0.15, 0.2) is 72.8 Å². The fourth-order valence-corrected chi connectivity index (χ4v) is 12.9. The van der Waals surface area contributed by atoms with Crippen LogP contribution in [-0.2, 0) is 32.5 Å². The number of benzene rings is 4. The Morgan fingerprint density at radius 1 is 0.621 bits per heavy atom. The number of nitrogens with zero attached hydrogens (tertiary/aromatic N) is 2. The first-order chi connectivity index (χ1) is 27.1. The van der Waals surface area contributed by atoms with Crippen molar-refractivity contribution in [2.45, 2.75) is 160 Å². The molecule has 0 spiro atoms. The quantitative estimate of drug-likeness (QED) is 0.154. The van der Waals surface area contributed by atoms with Crippen molar-refractivity contribution in [3.63, 3.8) is 0 Å². The third kappa shape index (κ3) is 4.63. The van der Waals surface area contributed by atoms with Crippen LogP contribution < -0.4 is 15.8 Å². The van der Waals surface area contributed by atoms with E-state index in [0.717, 1.165) is 6.42 Å². The van der Waals surface area contributed by atoms with Crippen LogP contribution in [0.4, 0.5) is 17.1 Å². The van der Waals surface area contributed by atoms with Gasteiger partial charge in [0, 0.05) is 50.7 Å². The van der Waals surface area contributed by atoms with Gasteiger partial charge in [0.2, 0.25) is 6.71 Å². The van der Waals surface area contributed by atoms with Gasteiger partial charge in [-0.2, -0.15) is 0 Å². The van der Waals surface area contributed by atoms with Gasteiger partial charge < -0.3 is 9.47 Å². The normalized spacial score (nSPS) is 22.6. The second-order valence-corrected chi connectivity index (χ2v) is 23.5. The van der Waals surface area contributed by atoms with E-state index in [1.165, 1.54) is 104 Å². The fourth-order valence-electron chi connectivity index (χ4n) is 12.9. The molecule has 4 aliphatic carbocycles. The smallest absolute Gasteiger partial charge is 0.226 e. The summed E-state index contributed by atoms with van der Waals surface area (Å²) in [6.45, 7) is 32.3. The number of aromatic nitrogens is 1. The number of fused-ring (bicyclic) bond motifs is 11. The van der Waals surface area contributed by atoms with Crippen LogP contribution in [0.5, 0.6) is 0 Å². The fraction of sp³-hybridized carbons (Fsp3) is 0.455. The second-order valence-electron chi connectivity index (χ2n) is 23.5. The highest BCUT2D eigenvalue weighted by Gasteiger charge is 2.53. The van der Waals surface area contributed by atoms with Crippen LogP contribution in [0.1, 0.15) is 178 Å². The number of hydrogen-bond acceptors (Lipinski definition) is 1. The van der Waals surface area contributed by atoms with E-state index < -0.39 is 0 Å². The van der Waals surface area contributed by atoms with Crippen molar-refractivity contribution in [1.82, 2.24) is 4.57 Å². The van der Waals surface area contributed by atoms with Gasteiger partial charge in [0.05, 0.1) is 0 Å². The van der Waals surface area contributed by atoms with Gasteiger partial charge in [0.25, 0.3) is 0 Å². The topological polar surface area (TPSA) is 8.17 Å². The first kappa shape index (κ1) is 36.8. The Balaban J connectivity index is 1.29. The minimum atomic E-state index is -0.128. The van der Waals surface area contributed by atoms with Gasteiger partial charge in [0.15, 0.2) is 0 Å². The lowest BCUT2D eigenvalue weighted by Crippen LogP contribution is -2.58. The van der Waals surface area contributed by atoms with E-state index in [0.29, 0.717) is 5.82 Å². The minimum Gasteiger partial charge on any atom is -0.317 e. The van der Waals surface area contributed by atoms with Crippen LogP contribution in [0.2, 0.25) is 0 Å². The molecule has 296 valence electrons. The molecule has 0 radical (unpaired) electrons. The van der Waals surface area contributed by atoms with Gasteiger partial charge in [-0.1, -0.05) is 139 Å². The van der Waals surface area contributed by atoms with E-state index in [9.17, 15) is 0 Å². The second kappa shape index (κ2) is 11.1. The van der Waals surface area contributed by atoms with E-state index in [2.05, 4.69) is 178 Å². The largest absolute Gasteiger partial charge is 0.317 e. The van der Waals surface area contributed by atoms with Gasteiger partial charge in [-0.05, 0) is 145 Å². The van der Waals surface area contributed by atoms with E-state index >= 15 is 0 Å². The highest BCUT2D eigenvalue weighted by molar-refractivity contribution is 6.90. The van der Waals surface area contributed by atoms with Crippen molar-refractivity contribution in [2.75, 3.05) is 4.90 Å². The standard InChI is InChI=1S/C55H63BN2/c1-50(2,3)32-27-44-47-45(28-32)58-48-35(46-34-17-14-15-19-36(34)55(12,13)49(46)58)18-16-20-41(48)56(47)42-30-39-40(54(10,11)26-25-53(39,8)9)31-43(42)57(44)33-21-22-37-38(29-33)52(6,7)24-23-51(37,4)5/h14-19,21-22,27-31,41H,20,23-26H2,1-13H3. The molecule has 1 atom stereocenters. The van der Waals surface area contributed by atoms with Gasteiger partial charge in [-0.3, -0.25) is 0 Å². The Kier molecular flexibility index (Phi) is 7.06. The summed E-state index contributed by atoms with van der Waals surface area (Å²) in [5.41, 5.74) is 25.3. The van der Waals surface area contributed by atoms with Crippen molar-refractivity contribution in [3.8, 4) is 16.8 Å². The molecule has 0 saturated heterocycles. The molecule has 6 aliphatic rings. The Hall–Kier alpha value is -4.24. The van der Waals surface area contributed by atoms with Gasteiger partial charge >= 0.3 is 0 Å². The number of anilines is 3. The number of rotatable bonds is 1. The maximum absolute atomic E-state index is 2.82. The average Bonchev–Trinajstić information content (AvgIpc) is 3.64. The maximum atomic E-state index is 2.82. The zero-order valence-corrected chi connectivity index (χ0v) is 37.6. The third-order valence-corrected chi connectivity index (χ3v) is 16.6. The molecule has 3 heterocycles. The molecule has 0 fully saturated rings. The van der Waals surface area contributed by atoms with Crippen LogP contribution in [0, 0.1) is 0 Å². The molecule has 4 aromatic carbocycles. The molecule has 3 heteroatoms. The molecule has 0 bridgehead atoms. The van der Waals surface area contributed by atoms with Gasteiger partial charge in [0.1, 0.15) is 0 Å². The summed E-state index contributed by atoms with van der Waals surface area (Å²) in [7, 11) is 0. The summed E-state index contributed by atoms with van der Waals surface area (Å²) in [6, 6.07) is 27.5. The van der Waals surface area contributed by atoms with Crippen LogP contribution >= 0.6 is 0 Å². The van der Waals surface area contributed by atoms with Crippen molar-refractivity contribution >= 4 is 40.8 Å². The Bertz CT molecular complexity index is 2680. The highest BCUT2D eigenvalue weighted by atomic mass is 15.2. The van der Waals surface area contributed by atoms with E-state index in [4.69, 9.17) is 0 Å². The first-order valence-corrected chi connectivity index (χ1v) is 22.5. The molecule has 0 amide bonds. The summed E-state index contributed by atoms with van der Waals surface area (Å²) >= 11 is 0. The van der Waals surface area contributed by atoms with Crippen LogP contribution in [0.3, 0.4) is 0 Å². The molecule has 1 aromatic heterocycles. The number of allylic oxidation sites excluding steroid dienone is 1. The highest BCUT2D eigenvalue weighted by Crippen LogP contribution is 2.59. The van der Waals surface area contributed by atoms with Crippen molar-refractivity contribution in [2.24, 2.45) is 0 Å². The summed E-state index contributed by atoms with van der Waals surface area (Å²) in [4.78, 5) is 2.75. The Labute approximate surface area is 349 Å². The minimum absolute atomic E-state index is 0.0394. The molecule has 0 saturated carbocycles. The van der Waals surface area contributed by atoms with E-state index in [1.807, 2.05) is 0 Å². The molecule has 2 aliphatic heterocycles. The van der Waals surface area contributed by atoms with Gasteiger partial charge in [-0.25, -0.2) is 0 Å². The zero-order chi connectivity index (χ0) is 40.9. The maximum Gasteiger partial charge on any atom is 0.226 e. The SMILES string of the molecule is CC(C)(C)c1cc2c3c(c1)-n1c4c(c5c1C(C)(C)c1ccccc1-5)C=CCC4B3c1cc3c(cc1N2c1ccc2c(c1)C(C)(C)CCC2(C)C)C(C)(C)CCC3(C)C. The Morgan fingerprint density at radius 3 is 1.90 bits per heavy atom. The van der Waals surface area contributed by atoms with Gasteiger partial charge in [-0.15, -0.1) is 0 Å². The average molecular weight is 763 g/mol. The predicted octanol–water partition coefficient (Wildman–Crippen LogP) is 13.2. The zero-order valence-electron chi connectivity index (χ0n) is 37.6. The Morgan fingerprint density at radius 2 is 1.22 bits per heavy atom. The lowest BCUT2D eigenvalue weighted by atomic mass is 9.29. The number of hydrogen-bond donors (Lipinski definition) is 0. The van der Waals surface area contributed by atoms with E-state index in [1.54, 1.807) is 16.8 Å². The van der Waals surface area contributed by atoms with E-state index in [-0.39, 0.29) is 39.2 Å². The van der Waals surface area contributed by atoms with Crippen molar-refractivity contribution in [3.05, 3.63) is 123 Å². The lowest BCUT2D eigenvalue weighted by Gasteiger charge is -2.48. The summed E-state index contributed by atoms with van der Waals surface area (Å²) < 4.78 is 2.82. The van der Waals surface area contributed by atoms with Crippen LogP contribution in [0.25, 0.3) is 22.9 Å². The van der Waals surface area contributed by atoms with Crippen LogP contribution in [-0.4, -0.2) is 11.3 Å². The third-order valence-electron chi connectivity index (χ3n) is 16.6. The molecular weight excluding hydrogens is 699 g/mol. The first-order valence-electron chi connectivity index (χ1n) is 22.5. The summed E-state index contributed by atoms with van der Waals surface area (Å²) in [5.74, 6) is 0.349. The molecule has 0 N–H and O–H groups in total. The molecule has 2 nitrogen and oxygen atoms in total. The molecule has 5 aromatic rings. The van der Waals surface area contributed by atoms with Crippen molar-refractivity contribution < 1.29 is 0 Å². The lowest BCUT2D eigenvalue weighted by molar-refractivity contribution is 0.332. The molecular formula is C55H63BN2.